The lowest BCUT2D eigenvalue weighted by atomic mass is 10.2. The molecule has 6 heteroatoms. The van der Waals surface area contributed by atoms with Gasteiger partial charge in [-0.15, -0.1) is 0 Å². The van der Waals surface area contributed by atoms with Crippen molar-refractivity contribution in [1.82, 2.24) is 14.7 Å². The van der Waals surface area contributed by atoms with Gasteiger partial charge in [0.2, 0.25) is 0 Å². The number of likely N-dealkylation sites (N-methyl/N-ethyl adjacent to an activating group) is 1. The zero-order valence-electron chi connectivity index (χ0n) is 16.3. The van der Waals surface area contributed by atoms with Crippen molar-refractivity contribution in [2.24, 2.45) is 0 Å². The van der Waals surface area contributed by atoms with Crippen LogP contribution < -0.4 is 10.2 Å². The van der Waals surface area contributed by atoms with Gasteiger partial charge >= 0.3 is 0 Å². The highest BCUT2D eigenvalue weighted by Gasteiger charge is 2.16. The summed E-state index contributed by atoms with van der Waals surface area (Å²) >= 11 is 0. The summed E-state index contributed by atoms with van der Waals surface area (Å²) in [6.45, 7) is 6.14. The first-order valence-electron chi connectivity index (χ1n) is 9.57. The predicted molar refractivity (Wildman–Crippen MR) is 112 cm³/mol. The lowest BCUT2D eigenvalue weighted by Gasteiger charge is -2.34. The molecule has 2 aromatic carbocycles. The van der Waals surface area contributed by atoms with Crippen LogP contribution in [0.25, 0.3) is 5.69 Å². The van der Waals surface area contributed by atoms with E-state index in [0.29, 0.717) is 5.69 Å². The summed E-state index contributed by atoms with van der Waals surface area (Å²) in [6, 6.07) is 19.7. The summed E-state index contributed by atoms with van der Waals surface area (Å²) in [4.78, 5) is 17.3. The second-order valence-electron chi connectivity index (χ2n) is 7.21. The number of nitrogens with one attached hydrogen (secondary N) is 1. The average molecular weight is 375 g/mol. The van der Waals surface area contributed by atoms with Gasteiger partial charge in [0.1, 0.15) is 0 Å². The third-order valence-corrected chi connectivity index (χ3v) is 5.11. The summed E-state index contributed by atoms with van der Waals surface area (Å²) in [5, 5.41) is 7.41. The largest absolute Gasteiger partial charge is 0.369 e. The van der Waals surface area contributed by atoms with Crippen molar-refractivity contribution < 1.29 is 4.79 Å². The van der Waals surface area contributed by atoms with Gasteiger partial charge in [-0.2, -0.15) is 5.10 Å². The average Bonchev–Trinajstić information content (AvgIpc) is 3.12. The number of piperazine rings is 1. The van der Waals surface area contributed by atoms with Crippen molar-refractivity contribution in [2.75, 3.05) is 43.4 Å². The third kappa shape index (κ3) is 3.92. The molecule has 1 saturated heterocycles. The molecule has 1 amide bonds. The van der Waals surface area contributed by atoms with Crippen LogP contribution in [0.5, 0.6) is 0 Å². The maximum atomic E-state index is 12.6. The van der Waals surface area contributed by atoms with E-state index in [1.54, 1.807) is 10.7 Å². The van der Waals surface area contributed by atoms with Crippen LogP contribution in [-0.4, -0.2) is 53.8 Å². The van der Waals surface area contributed by atoms with Crippen LogP contribution in [0.15, 0.2) is 60.7 Å². The Balaban J connectivity index is 1.44. The van der Waals surface area contributed by atoms with Gasteiger partial charge in [-0.25, -0.2) is 4.68 Å². The number of amides is 1. The Hall–Kier alpha value is -3.12. The predicted octanol–water partition coefficient (Wildman–Crippen LogP) is 3.18. The fraction of sp³-hybridized carbons (Fsp3) is 0.273. The molecule has 3 aromatic rings. The van der Waals surface area contributed by atoms with Gasteiger partial charge in [0, 0.05) is 43.2 Å². The smallest absolute Gasteiger partial charge is 0.276 e. The summed E-state index contributed by atoms with van der Waals surface area (Å²) in [5.41, 5.74) is 4.23. The molecule has 1 aliphatic rings. The van der Waals surface area contributed by atoms with Gasteiger partial charge in [-0.3, -0.25) is 4.79 Å². The number of hydrogen-bond acceptors (Lipinski definition) is 4. The van der Waals surface area contributed by atoms with Crippen LogP contribution in [-0.2, 0) is 0 Å². The number of nitrogens with zero attached hydrogens (tertiary/aromatic N) is 4. The summed E-state index contributed by atoms with van der Waals surface area (Å²) in [5.74, 6) is -0.204. The molecule has 1 aromatic heterocycles. The number of anilines is 2. The van der Waals surface area contributed by atoms with E-state index in [0.717, 1.165) is 43.2 Å². The van der Waals surface area contributed by atoms with E-state index in [4.69, 9.17) is 0 Å². The maximum absolute atomic E-state index is 12.6. The first kappa shape index (κ1) is 18.3. The van der Waals surface area contributed by atoms with E-state index in [2.05, 4.69) is 39.4 Å². The van der Waals surface area contributed by atoms with Gasteiger partial charge in [-0.05, 0) is 56.4 Å². The van der Waals surface area contributed by atoms with Gasteiger partial charge in [0.15, 0.2) is 5.69 Å². The van der Waals surface area contributed by atoms with Gasteiger partial charge in [-0.1, -0.05) is 18.2 Å². The molecule has 1 fully saturated rings. The van der Waals surface area contributed by atoms with Crippen molar-refractivity contribution in [2.45, 2.75) is 6.92 Å². The molecule has 4 rings (SSSR count). The summed E-state index contributed by atoms with van der Waals surface area (Å²) < 4.78 is 1.78. The van der Waals surface area contributed by atoms with E-state index in [1.807, 2.05) is 49.4 Å². The van der Waals surface area contributed by atoms with E-state index in [1.165, 1.54) is 5.69 Å². The molecule has 144 valence electrons. The fourth-order valence-electron chi connectivity index (χ4n) is 3.43. The molecule has 2 heterocycles. The normalized spacial score (nSPS) is 14.9. The highest BCUT2D eigenvalue weighted by molar-refractivity contribution is 6.03. The topological polar surface area (TPSA) is 53.4 Å². The molecule has 0 bridgehead atoms. The zero-order chi connectivity index (χ0) is 19.5. The van der Waals surface area contributed by atoms with Crippen molar-refractivity contribution in [3.05, 3.63) is 72.1 Å². The Morgan fingerprint density at radius 3 is 2.29 bits per heavy atom. The maximum Gasteiger partial charge on any atom is 0.276 e. The number of aromatic nitrogens is 2. The number of rotatable bonds is 4. The molecule has 0 radical (unpaired) electrons. The standard InChI is InChI=1S/C22H25N5O/c1-17-16-21(24-27(17)20-6-4-3-5-7-20)22(28)23-18-8-10-19(11-9-18)26-14-12-25(2)13-15-26/h3-11,16H,12-15H2,1-2H3,(H,23,28). The summed E-state index contributed by atoms with van der Waals surface area (Å²) in [6.07, 6.45) is 0. The van der Waals surface area contributed by atoms with E-state index in [-0.39, 0.29) is 5.91 Å². The molecular formula is C22H25N5O. The Morgan fingerprint density at radius 2 is 1.61 bits per heavy atom. The highest BCUT2D eigenvalue weighted by Crippen LogP contribution is 2.20. The second kappa shape index (κ2) is 7.86. The molecule has 28 heavy (non-hydrogen) atoms. The number of benzene rings is 2. The van der Waals surface area contributed by atoms with Crippen molar-refractivity contribution in [3.63, 3.8) is 0 Å². The van der Waals surface area contributed by atoms with Crippen LogP contribution in [0.1, 0.15) is 16.2 Å². The molecule has 1 N–H and O–H groups in total. The number of carbonyl (C=O) groups is 1. The van der Waals surface area contributed by atoms with Gasteiger partial charge < -0.3 is 15.1 Å². The molecular weight excluding hydrogens is 350 g/mol. The van der Waals surface area contributed by atoms with Gasteiger partial charge in [0.05, 0.1) is 5.69 Å². The first-order valence-corrected chi connectivity index (χ1v) is 9.57. The van der Waals surface area contributed by atoms with E-state index in [9.17, 15) is 4.79 Å². The Morgan fingerprint density at radius 1 is 0.929 bits per heavy atom. The lowest BCUT2D eigenvalue weighted by Crippen LogP contribution is -2.44. The van der Waals surface area contributed by atoms with Gasteiger partial charge in [0.25, 0.3) is 5.91 Å². The number of aryl methyl sites for hydroxylation is 1. The quantitative estimate of drug-likeness (QED) is 0.761. The minimum Gasteiger partial charge on any atom is -0.369 e. The summed E-state index contributed by atoms with van der Waals surface area (Å²) in [7, 11) is 2.15. The lowest BCUT2D eigenvalue weighted by molar-refractivity contribution is 0.102. The Labute approximate surface area is 165 Å². The first-order chi connectivity index (χ1) is 13.6. The fourth-order valence-corrected chi connectivity index (χ4v) is 3.43. The molecule has 0 saturated carbocycles. The minimum absolute atomic E-state index is 0.204. The molecule has 0 atom stereocenters. The molecule has 1 aliphatic heterocycles. The van der Waals surface area contributed by atoms with Crippen molar-refractivity contribution in [3.8, 4) is 5.69 Å². The van der Waals surface area contributed by atoms with Crippen molar-refractivity contribution >= 4 is 17.3 Å². The molecule has 0 spiro atoms. The van der Waals surface area contributed by atoms with Crippen LogP contribution in [0.3, 0.4) is 0 Å². The zero-order valence-corrected chi connectivity index (χ0v) is 16.3. The minimum atomic E-state index is -0.204. The van der Waals surface area contributed by atoms with E-state index >= 15 is 0 Å². The second-order valence-corrected chi connectivity index (χ2v) is 7.21. The van der Waals surface area contributed by atoms with Crippen LogP contribution in [0.2, 0.25) is 0 Å². The van der Waals surface area contributed by atoms with E-state index < -0.39 is 0 Å². The van der Waals surface area contributed by atoms with Crippen LogP contribution >= 0.6 is 0 Å². The Kier molecular flexibility index (Phi) is 5.12. The van der Waals surface area contributed by atoms with Crippen LogP contribution in [0.4, 0.5) is 11.4 Å². The monoisotopic (exact) mass is 375 g/mol. The van der Waals surface area contributed by atoms with Crippen LogP contribution in [0, 0.1) is 6.92 Å². The van der Waals surface area contributed by atoms with Crippen molar-refractivity contribution in [1.29, 1.82) is 0 Å². The highest BCUT2D eigenvalue weighted by atomic mass is 16.1. The molecule has 0 aliphatic carbocycles. The number of para-hydroxylation sites is 1. The SMILES string of the molecule is Cc1cc(C(=O)Nc2ccc(N3CCN(C)CC3)cc2)nn1-c1ccccc1. The number of hydrogen-bond donors (Lipinski definition) is 1. The third-order valence-electron chi connectivity index (χ3n) is 5.11. The molecule has 0 unspecified atom stereocenters. The Bertz CT molecular complexity index is 941. The molecule has 6 nitrogen and oxygen atoms in total. The number of carbonyl (C=O) groups excluding carboxylic acids is 1.